The smallest absolute Gasteiger partial charge is 0.269 e. The Labute approximate surface area is 130 Å². The summed E-state index contributed by atoms with van der Waals surface area (Å²) in [5.41, 5.74) is 3.56. The summed E-state index contributed by atoms with van der Waals surface area (Å²) >= 11 is 0. The van der Waals surface area contributed by atoms with Gasteiger partial charge in [0.1, 0.15) is 5.65 Å². The molecule has 0 bridgehead atoms. The predicted octanol–water partition coefficient (Wildman–Crippen LogP) is 3.32. The summed E-state index contributed by atoms with van der Waals surface area (Å²) in [5.74, 6) is 0. The third kappa shape index (κ3) is 2.24. The van der Waals surface area contributed by atoms with E-state index in [1.807, 2.05) is 24.5 Å². The Bertz CT molecular complexity index is 1000. The van der Waals surface area contributed by atoms with Gasteiger partial charge in [0.05, 0.1) is 16.8 Å². The highest BCUT2D eigenvalue weighted by atomic mass is 16.6. The standard InChI is InChI=1S/C16H11N5O2/c22-21(23)13-3-1-11(2-4-13)12-9-19-20(10-12)15-6-8-18-16-14(15)5-7-17-16/h1-10H,(H,17,18). The number of H-pyrrole nitrogens is 1. The van der Waals surface area contributed by atoms with Gasteiger partial charge >= 0.3 is 0 Å². The average Bonchev–Trinajstić information content (AvgIpc) is 3.24. The quantitative estimate of drug-likeness (QED) is 0.464. The lowest BCUT2D eigenvalue weighted by Crippen LogP contribution is -1.95. The SMILES string of the molecule is O=[N+]([O-])c1ccc(-c2cnn(-c3ccnc4[nH]ccc34)c2)cc1. The van der Waals surface area contributed by atoms with E-state index < -0.39 is 4.92 Å². The van der Waals surface area contributed by atoms with Crippen LogP contribution in [0, 0.1) is 10.1 Å². The van der Waals surface area contributed by atoms with E-state index in [1.54, 1.807) is 29.2 Å². The van der Waals surface area contributed by atoms with Gasteiger partial charge in [-0.1, -0.05) is 0 Å². The molecular formula is C16H11N5O2. The highest BCUT2D eigenvalue weighted by molar-refractivity contribution is 5.84. The molecule has 0 saturated carbocycles. The van der Waals surface area contributed by atoms with Crippen LogP contribution in [0.5, 0.6) is 0 Å². The molecule has 0 radical (unpaired) electrons. The van der Waals surface area contributed by atoms with Crippen LogP contribution in [0.1, 0.15) is 0 Å². The maximum Gasteiger partial charge on any atom is 0.269 e. The molecule has 7 heteroatoms. The number of hydrogen-bond acceptors (Lipinski definition) is 4. The normalized spacial score (nSPS) is 11.0. The number of aromatic amines is 1. The monoisotopic (exact) mass is 305 g/mol. The zero-order valence-electron chi connectivity index (χ0n) is 11.9. The fraction of sp³-hybridized carbons (Fsp3) is 0. The van der Waals surface area contributed by atoms with E-state index in [0.717, 1.165) is 27.8 Å². The first kappa shape index (κ1) is 13.2. The van der Waals surface area contributed by atoms with Crippen LogP contribution in [0.4, 0.5) is 5.69 Å². The van der Waals surface area contributed by atoms with Crippen LogP contribution in [0.25, 0.3) is 27.8 Å². The van der Waals surface area contributed by atoms with E-state index in [1.165, 1.54) is 12.1 Å². The molecule has 0 atom stereocenters. The third-order valence-corrected chi connectivity index (χ3v) is 3.68. The Morgan fingerprint density at radius 3 is 2.70 bits per heavy atom. The van der Waals surface area contributed by atoms with E-state index in [4.69, 9.17) is 0 Å². The number of aromatic nitrogens is 4. The van der Waals surface area contributed by atoms with E-state index >= 15 is 0 Å². The number of nitrogens with one attached hydrogen (secondary N) is 1. The molecule has 0 unspecified atom stereocenters. The predicted molar refractivity (Wildman–Crippen MR) is 85.3 cm³/mol. The van der Waals surface area contributed by atoms with E-state index in [-0.39, 0.29) is 5.69 Å². The fourth-order valence-corrected chi connectivity index (χ4v) is 2.53. The van der Waals surface area contributed by atoms with Crippen molar-refractivity contribution in [1.29, 1.82) is 0 Å². The molecule has 7 nitrogen and oxygen atoms in total. The van der Waals surface area contributed by atoms with Crippen molar-refractivity contribution in [1.82, 2.24) is 19.7 Å². The summed E-state index contributed by atoms with van der Waals surface area (Å²) in [6.07, 6.45) is 7.19. The zero-order chi connectivity index (χ0) is 15.8. The van der Waals surface area contributed by atoms with Crippen LogP contribution >= 0.6 is 0 Å². The molecular weight excluding hydrogens is 294 g/mol. The molecule has 0 aliphatic carbocycles. The molecule has 3 heterocycles. The largest absolute Gasteiger partial charge is 0.346 e. The molecule has 0 saturated heterocycles. The Hall–Kier alpha value is -3.48. The van der Waals surface area contributed by atoms with Gasteiger partial charge < -0.3 is 4.98 Å². The van der Waals surface area contributed by atoms with Gasteiger partial charge in [0.25, 0.3) is 5.69 Å². The van der Waals surface area contributed by atoms with Gasteiger partial charge in [0.2, 0.25) is 0 Å². The molecule has 0 fully saturated rings. The summed E-state index contributed by atoms with van der Waals surface area (Å²) < 4.78 is 1.77. The molecule has 3 aromatic heterocycles. The highest BCUT2D eigenvalue weighted by Gasteiger charge is 2.09. The Morgan fingerprint density at radius 1 is 1.09 bits per heavy atom. The third-order valence-electron chi connectivity index (χ3n) is 3.68. The average molecular weight is 305 g/mol. The van der Waals surface area contributed by atoms with Crippen molar-refractivity contribution in [2.24, 2.45) is 0 Å². The molecule has 0 aliphatic rings. The van der Waals surface area contributed by atoms with E-state index in [0.29, 0.717) is 0 Å². The van der Waals surface area contributed by atoms with Crippen molar-refractivity contribution >= 4 is 16.7 Å². The number of pyridine rings is 1. The fourth-order valence-electron chi connectivity index (χ4n) is 2.53. The van der Waals surface area contributed by atoms with Crippen LogP contribution in [-0.4, -0.2) is 24.7 Å². The van der Waals surface area contributed by atoms with Crippen LogP contribution < -0.4 is 0 Å². The van der Waals surface area contributed by atoms with Gasteiger partial charge in [-0.15, -0.1) is 0 Å². The maximum absolute atomic E-state index is 10.7. The summed E-state index contributed by atoms with van der Waals surface area (Å²) in [6.45, 7) is 0. The van der Waals surface area contributed by atoms with Gasteiger partial charge in [-0.2, -0.15) is 5.10 Å². The molecule has 23 heavy (non-hydrogen) atoms. The number of nitrogens with zero attached hydrogens (tertiary/aromatic N) is 4. The first-order valence-electron chi connectivity index (χ1n) is 6.94. The lowest BCUT2D eigenvalue weighted by Gasteiger charge is -2.02. The van der Waals surface area contributed by atoms with Crippen molar-refractivity contribution in [2.75, 3.05) is 0 Å². The molecule has 1 aromatic carbocycles. The second-order valence-corrected chi connectivity index (χ2v) is 5.05. The number of nitro benzene ring substituents is 1. The molecule has 1 N–H and O–H groups in total. The maximum atomic E-state index is 10.7. The first-order chi connectivity index (χ1) is 11.2. The summed E-state index contributed by atoms with van der Waals surface area (Å²) in [7, 11) is 0. The first-order valence-corrected chi connectivity index (χ1v) is 6.94. The summed E-state index contributed by atoms with van der Waals surface area (Å²) in [4.78, 5) is 17.6. The van der Waals surface area contributed by atoms with Crippen LogP contribution in [-0.2, 0) is 0 Å². The molecule has 112 valence electrons. The topological polar surface area (TPSA) is 89.6 Å². The minimum absolute atomic E-state index is 0.0734. The lowest BCUT2D eigenvalue weighted by atomic mass is 10.1. The van der Waals surface area contributed by atoms with Crippen LogP contribution in [0.2, 0.25) is 0 Å². The second kappa shape index (κ2) is 5.06. The number of non-ortho nitro benzene ring substituents is 1. The Balaban J connectivity index is 1.74. The highest BCUT2D eigenvalue weighted by Crippen LogP contribution is 2.25. The Kier molecular flexibility index (Phi) is 2.90. The minimum Gasteiger partial charge on any atom is -0.346 e. The van der Waals surface area contributed by atoms with Crippen LogP contribution in [0.15, 0.2) is 61.2 Å². The molecule has 0 aliphatic heterocycles. The molecule has 0 spiro atoms. The van der Waals surface area contributed by atoms with Gasteiger partial charge in [-0.25, -0.2) is 9.67 Å². The number of hydrogen-bond donors (Lipinski definition) is 1. The molecule has 4 rings (SSSR count). The van der Waals surface area contributed by atoms with Crippen molar-refractivity contribution in [3.05, 3.63) is 71.3 Å². The Morgan fingerprint density at radius 2 is 1.91 bits per heavy atom. The second-order valence-electron chi connectivity index (χ2n) is 5.05. The van der Waals surface area contributed by atoms with Gasteiger partial charge in [0, 0.05) is 41.7 Å². The zero-order valence-corrected chi connectivity index (χ0v) is 11.9. The van der Waals surface area contributed by atoms with Gasteiger partial charge in [0.15, 0.2) is 0 Å². The number of fused-ring (bicyclic) bond motifs is 1. The van der Waals surface area contributed by atoms with Gasteiger partial charge in [-0.05, 0) is 29.8 Å². The minimum atomic E-state index is -0.410. The number of rotatable bonds is 3. The molecule has 0 amide bonds. The lowest BCUT2D eigenvalue weighted by molar-refractivity contribution is -0.384. The summed E-state index contributed by atoms with van der Waals surface area (Å²) in [6, 6.07) is 10.3. The summed E-state index contributed by atoms with van der Waals surface area (Å²) in [5, 5.41) is 16.1. The van der Waals surface area contributed by atoms with Crippen molar-refractivity contribution in [2.45, 2.75) is 0 Å². The van der Waals surface area contributed by atoms with Crippen LogP contribution in [0.3, 0.4) is 0 Å². The van der Waals surface area contributed by atoms with Gasteiger partial charge in [-0.3, -0.25) is 10.1 Å². The number of benzene rings is 1. The van der Waals surface area contributed by atoms with E-state index in [2.05, 4.69) is 15.1 Å². The molecule has 4 aromatic rings. The van der Waals surface area contributed by atoms with E-state index in [9.17, 15) is 10.1 Å². The number of nitro groups is 1. The van der Waals surface area contributed by atoms with Crippen molar-refractivity contribution in [3.8, 4) is 16.8 Å². The van der Waals surface area contributed by atoms with Crippen molar-refractivity contribution in [3.63, 3.8) is 0 Å². The van der Waals surface area contributed by atoms with Crippen molar-refractivity contribution < 1.29 is 4.92 Å².